The summed E-state index contributed by atoms with van der Waals surface area (Å²) < 4.78 is 26.3. The Morgan fingerprint density at radius 1 is 0.871 bits per heavy atom. The van der Waals surface area contributed by atoms with E-state index in [0.29, 0.717) is 17.9 Å². The molecule has 0 aliphatic carbocycles. The molecule has 160 valence electrons. The van der Waals surface area contributed by atoms with Gasteiger partial charge >= 0.3 is 0 Å². The molecule has 0 saturated carbocycles. The minimum Gasteiger partial charge on any atom is -0.303 e. The van der Waals surface area contributed by atoms with Gasteiger partial charge in [-0.15, -0.1) is 0 Å². The summed E-state index contributed by atoms with van der Waals surface area (Å²) >= 11 is 0. The van der Waals surface area contributed by atoms with E-state index in [0.717, 1.165) is 36.8 Å². The number of rotatable bonds is 6. The van der Waals surface area contributed by atoms with Gasteiger partial charge in [0.25, 0.3) is 15.9 Å². The van der Waals surface area contributed by atoms with Gasteiger partial charge in [0.2, 0.25) is 0 Å². The SMILES string of the molecule is O=C1c2ccccc2S(=O)(=O)N1CCCCN1CCC(c2cccc3ccccc23)C1. The number of carbonyl (C=O) groups excluding carboxylic acids is 1. The van der Waals surface area contributed by atoms with Crippen LogP contribution < -0.4 is 0 Å². The fourth-order valence-corrected chi connectivity index (χ4v) is 6.55. The molecule has 0 radical (unpaired) electrons. The first-order chi connectivity index (χ1) is 15.1. The lowest BCUT2D eigenvalue weighted by atomic mass is 9.93. The number of likely N-dealkylation sites (tertiary alicyclic amines) is 1. The summed E-state index contributed by atoms with van der Waals surface area (Å²) in [4.78, 5) is 15.1. The Kier molecular flexibility index (Phi) is 5.28. The molecule has 6 heteroatoms. The highest BCUT2D eigenvalue weighted by Gasteiger charge is 2.40. The van der Waals surface area contributed by atoms with Crippen LogP contribution >= 0.6 is 0 Å². The maximum atomic E-state index is 12.6. The number of sulfonamides is 1. The van der Waals surface area contributed by atoms with Crippen LogP contribution in [0.25, 0.3) is 10.8 Å². The van der Waals surface area contributed by atoms with Crippen LogP contribution in [0.2, 0.25) is 0 Å². The lowest BCUT2D eigenvalue weighted by Gasteiger charge is -2.19. The summed E-state index contributed by atoms with van der Waals surface area (Å²) in [6.07, 6.45) is 2.69. The van der Waals surface area contributed by atoms with Crippen molar-refractivity contribution < 1.29 is 13.2 Å². The van der Waals surface area contributed by atoms with Crippen LogP contribution in [-0.4, -0.2) is 49.7 Å². The van der Waals surface area contributed by atoms with Crippen LogP contribution in [0.15, 0.2) is 71.6 Å². The van der Waals surface area contributed by atoms with Crippen LogP contribution in [0.4, 0.5) is 0 Å². The van der Waals surface area contributed by atoms with Crippen LogP contribution in [0.1, 0.15) is 41.1 Å². The first kappa shape index (κ1) is 20.2. The largest absolute Gasteiger partial charge is 0.303 e. The summed E-state index contributed by atoms with van der Waals surface area (Å²) in [5, 5.41) is 2.63. The van der Waals surface area contributed by atoms with Gasteiger partial charge in [0.1, 0.15) is 4.90 Å². The molecule has 0 bridgehead atoms. The molecule has 3 aromatic rings. The zero-order valence-electron chi connectivity index (χ0n) is 17.4. The molecule has 2 aliphatic rings. The molecular weight excluding hydrogens is 408 g/mol. The molecule has 31 heavy (non-hydrogen) atoms. The van der Waals surface area contributed by atoms with E-state index in [9.17, 15) is 13.2 Å². The van der Waals surface area contributed by atoms with E-state index in [2.05, 4.69) is 47.4 Å². The smallest absolute Gasteiger partial charge is 0.269 e. The van der Waals surface area contributed by atoms with E-state index in [-0.39, 0.29) is 11.4 Å². The fraction of sp³-hybridized carbons (Fsp3) is 0.320. The molecule has 1 unspecified atom stereocenters. The Hall–Kier alpha value is -2.70. The van der Waals surface area contributed by atoms with Crippen LogP contribution in [0, 0.1) is 0 Å². The Bertz CT molecular complexity index is 1230. The number of hydrogen-bond donors (Lipinski definition) is 0. The van der Waals surface area contributed by atoms with Gasteiger partial charge in [-0.1, -0.05) is 54.6 Å². The van der Waals surface area contributed by atoms with Gasteiger partial charge in [0.05, 0.1) is 5.56 Å². The minimum absolute atomic E-state index is 0.137. The predicted octanol–water partition coefficient (Wildman–Crippen LogP) is 4.25. The molecule has 0 spiro atoms. The molecule has 1 saturated heterocycles. The average molecular weight is 435 g/mol. The third-order valence-corrected chi connectivity index (χ3v) is 8.37. The maximum absolute atomic E-state index is 12.6. The molecule has 1 atom stereocenters. The topological polar surface area (TPSA) is 57.7 Å². The number of fused-ring (bicyclic) bond motifs is 2. The van der Waals surface area contributed by atoms with Crippen LogP contribution in [0.5, 0.6) is 0 Å². The number of unbranched alkanes of at least 4 members (excludes halogenated alkanes) is 1. The lowest BCUT2D eigenvalue weighted by molar-refractivity contribution is 0.0869. The molecule has 1 fully saturated rings. The quantitative estimate of drug-likeness (QED) is 0.544. The van der Waals surface area contributed by atoms with E-state index in [1.807, 2.05) is 0 Å². The van der Waals surface area contributed by atoms with Crippen molar-refractivity contribution in [3.05, 3.63) is 77.9 Å². The van der Waals surface area contributed by atoms with Crippen molar-refractivity contribution in [3.63, 3.8) is 0 Å². The molecule has 2 heterocycles. The van der Waals surface area contributed by atoms with E-state index in [4.69, 9.17) is 0 Å². The Morgan fingerprint density at radius 3 is 2.48 bits per heavy atom. The molecule has 0 aromatic heterocycles. The third kappa shape index (κ3) is 3.64. The van der Waals surface area contributed by atoms with Gasteiger partial charge in [0, 0.05) is 13.1 Å². The van der Waals surface area contributed by atoms with Gasteiger partial charge in [-0.3, -0.25) is 4.79 Å². The normalized spacial score (nSPS) is 20.5. The molecule has 0 N–H and O–H groups in total. The third-order valence-electron chi connectivity index (χ3n) is 6.53. The maximum Gasteiger partial charge on any atom is 0.269 e. The van der Waals surface area contributed by atoms with Crippen molar-refractivity contribution in [1.29, 1.82) is 0 Å². The Balaban J connectivity index is 1.16. The van der Waals surface area contributed by atoms with Crippen LogP contribution in [-0.2, 0) is 10.0 Å². The van der Waals surface area contributed by atoms with Gasteiger partial charge in [-0.2, -0.15) is 0 Å². The summed E-state index contributed by atoms with van der Waals surface area (Å²) in [5.41, 5.74) is 1.71. The molecule has 5 rings (SSSR count). The summed E-state index contributed by atoms with van der Waals surface area (Å²) in [7, 11) is -3.69. The first-order valence-electron chi connectivity index (χ1n) is 10.9. The van der Waals surface area contributed by atoms with Gasteiger partial charge in [-0.25, -0.2) is 12.7 Å². The van der Waals surface area contributed by atoms with Crippen molar-refractivity contribution in [1.82, 2.24) is 9.21 Å². The second-order valence-corrected chi connectivity index (χ2v) is 10.3. The van der Waals surface area contributed by atoms with Gasteiger partial charge in [-0.05, 0) is 66.7 Å². The highest BCUT2D eigenvalue weighted by atomic mass is 32.2. The average Bonchev–Trinajstić information content (AvgIpc) is 3.33. The Morgan fingerprint density at radius 2 is 1.61 bits per heavy atom. The summed E-state index contributed by atoms with van der Waals surface area (Å²) in [6.45, 7) is 3.26. The van der Waals surface area contributed by atoms with Crippen molar-refractivity contribution in [2.24, 2.45) is 0 Å². The zero-order chi connectivity index (χ0) is 21.4. The monoisotopic (exact) mass is 434 g/mol. The number of nitrogens with zero attached hydrogens (tertiary/aromatic N) is 2. The number of amides is 1. The highest BCUT2D eigenvalue weighted by Crippen LogP contribution is 2.33. The predicted molar refractivity (Wildman–Crippen MR) is 122 cm³/mol. The Labute approximate surface area is 183 Å². The van der Waals surface area contributed by atoms with Crippen molar-refractivity contribution in [3.8, 4) is 0 Å². The van der Waals surface area contributed by atoms with Crippen LogP contribution in [0.3, 0.4) is 0 Å². The fourth-order valence-electron chi connectivity index (χ4n) is 4.94. The standard InChI is InChI=1S/C25H26N2O3S/c28-25-23-11-3-4-13-24(23)31(29,30)27(25)16-6-5-15-26-17-14-20(18-26)22-12-7-9-19-8-1-2-10-21(19)22/h1-4,7-13,20H,5-6,14-18H2. The zero-order valence-corrected chi connectivity index (χ0v) is 18.2. The molecule has 2 aliphatic heterocycles. The van der Waals surface area contributed by atoms with Gasteiger partial charge < -0.3 is 4.90 Å². The van der Waals surface area contributed by atoms with E-state index >= 15 is 0 Å². The van der Waals surface area contributed by atoms with E-state index in [1.54, 1.807) is 18.2 Å². The number of hydrogen-bond acceptors (Lipinski definition) is 4. The lowest BCUT2D eigenvalue weighted by Crippen LogP contribution is -2.31. The van der Waals surface area contributed by atoms with Gasteiger partial charge in [0.15, 0.2) is 0 Å². The van der Waals surface area contributed by atoms with Crippen molar-refractivity contribution in [2.75, 3.05) is 26.2 Å². The second-order valence-electron chi connectivity index (χ2n) is 8.44. The molecular formula is C25H26N2O3S. The van der Waals surface area contributed by atoms with Crippen molar-refractivity contribution >= 4 is 26.7 Å². The molecule has 5 nitrogen and oxygen atoms in total. The molecule has 3 aromatic carbocycles. The minimum atomic E-state index is -3.69. The van der Waals surface area contributed by atoms with Crippen molar-refractivity contribution in [2.45, 2.75) is 30.1 Å². The second kappa shape index (κ2) is 8.09. The number of benzene rings is 3. The summed E-state index contributed by atoms with van der Waals surface area (Å²) in [6, 6.07) is 21.6. The number of carbonyl (C=O) groups is 1. The van der Waals surface area contributed by atoms with E-state index in [1.165, 1.54) is 22.4 Å². The molecule has 1 amide bonds. The highest BCUT2D eigenvalue weighted by molar-refractivity contribution is 7.90. The summed E-state index contributed by atoms with van der Waals surface area (Å²) in [5.74, 6) is 0.133. The van der Waals surface area contributed by atoms with E-state index < -0.39 is 15.9 Å². The first-order valence-corrected chi connectivity index (χ1v) is 12.4.